The zero-order valence-corrected chi connectivity index (χ0v) is 20.6. The lowest BCUT2D eigenvalue weighted by Crippen LogP contribution is -2.47. The number of hydrogen-bond acceptors (Lipinski definition) is 5. The summed E-state index contributed by atoms with van der Waals surface area (Å²) >= 11 is 0. The van der Waals surface area contributed by atoms with Gasteiger partial charge in [0, 0.05) is 5.41 Å². The zero-order valence-electron chi connectivity index (χ0n) is 20.6. The Morgan fingerprint density at radius 2 is 1.74 bits per heavy atom. The Bertz CT molecular complexity index is 1050. The second-order valence-corrected chi connectivity index (χ2v) is 10.5. The molecule has 35 heavy (non-hydrogen) atoms. The van der Waals surface area contributed by atoms with Crippen molar-refractivity contribution in [1.29, 1.82) is 0 Å². The van der Waals surface area contributed by atoms with E-state index in [1.165, 1.54) is 18.4 Å². The van der Waals surface area contributed by atoms with Crippen molar-refractivity contribution in [3.8, 4) is 0 Å². The summed E-state index contributed by atoms with van der Waals surface area (Å²) in [6, 6.07) is 15.6. The van der Waals surface area contributed by atoms with Crippen molar-refractivity contribution in [1.82, 2.24) is 5.06 Å². The highest BCUT2D eigenvalue weighted by Crippen LogP contribution is 2.76. The number of rotatable bonds is 9. The van der Waals surface area contributed by atoms with Crippen molar-refractivity contribution in [3.63, 3.8) is 0 Å². The number of aliphatic hydroxyl groups excluding tert-OH is 1. The van der Waals surface area contributed by atoms with Gasteiger partial charge < -0.3 is 14.9 Å². The summed E-state index contributed by atoms with van der Waals surface area (Å²) in [6.45, 7) is 6.12. The number of amides is 1. The van der Waals surface area contributed by atoms with Crippen molar-refractivity contribution < 1.29 is 29.4 Å². The average molecular weight is 482 g/mol. The molecule has 0 bridgehead atoms. The number of fused-ring (bicyclic) bond motifs is 1. The number of aliphatic carboxylic acids is 1. The van der Waals surface area contributed by atoms with E-state index in [1.54, 1.807) is 12.1 Å². The molecule has 188 valence electrons. The second kappa shape index (κ2) is 9.99. The van der Waals surface area contributed by atoms with E-state index in [0.29, 0.717) is 16.9 Å². The lowest BCUT2D eigenvalue weighted by atomic mass is 9.74. The minimum Gasteiger partial charge on any atom is -0.480 e. The average Bonchev–Trinajstić information content (AvgIpc) is 3.35. The SMILES string of the molecule is CC1CCC2C(C)(C)C2(c2ccccc2CON(C(=O)OCc2ccccc2)[C@@H](CO)C(=O)O)C1. The van der Waals surface area contributed by atoms with Gasteiger partial charge >= 0.3 is 12.1 Å². The summed E-state index contributed by atoms with van der Waals surface area (Å²) in [5.41, 5.74) is 3.09. The number of carbonyl (C=O) groups is 2. The minimum absolute atomic E-state index is 0.000673. The first-order valence-corrected chi connectivity index (χ1v) is 12.3. The monoisotopic (exact) mass is 481 g/mol. The van der Waals surface area contributed by atoms with Crippen LogP contribution in [-0.2, 0) is 33.0 Å². The number of carbonyl (C=O) groups excluding carboxylic acids is 1. The maximum atomic E-state index is 12.9. The van der Waals surface area contributed by atoms with Crippen LogP contribution in [0.2, 0.25) is 0 Å². The molecular weight excluding hydrogens is 446 g/mol. The van der Waals surface area contributed by atoms with E-state index >= 15 is 0 Å². The molecule has 4 atom stereocenters. The summed E-state index contributed by atoms with van der Waals surface area (Å²) in [5, 5.41) is 19.9. The Hall–Kier alpha value is -2.90. The van der Waals surface area contributed by atoms with Crippen LogP contribution in [0.3, 0.4) is 0 Å². The smallest absolute Gasteiger partial charge is 0.435 e. The number of ether oxygens (including phenoxy) is 1. The molecule has 1 amide bonds. The number of carboxylic acid groups (broad SMARTS) is 1. The van der Waals surface area contributed by atoms with E-state index in [1.807, 2.05) is 36.4 Å². The van der Waals surface area contributed by atoms with E-state index < -0.39 is 24.7 Å². The minimum atomic E-state index is -1.58. The molecule has 0 spiro atoms. The van der Waals surface area contributed by atoms with Crippen LogP contribution in [0.4, 0.5) is 4.79 Å². The van der Waals surface area contributed by atoms with Crippen LogP contribution in [0, 0.1) is 17.3 Å². The van der Waals surface area contributed by atoms with E-state index in [9.17, 15) is 19.8 Å². The largest absolute Gasteiger partial charge is 0.480 e. The highest BCUT2D eigenvalue weighted by atomic mass is 16.7. The van der Waals surface area contributed by atoms with Crippen LogP contribution in [0.15, 0.2) is 54.6 Å². The Morgan fingerprint density at radius 1 is 1.06 bits per heavy atom. The first-order valence-electron chi connectivity index (χ1n) is 12.3. The predicted molar refractivity (Wildman–Crippen MR) is 130 cm³/mol. The third-order valence-corrected chi connectivity index (χ3v) is 8.13. The second-order valence-electron chi connectivity index (χ2n) is 10.5. The lowest BCUT2D eigenvalue weighted by molar-refractivity contribution is -0.193. The van der Waals surface area contributed by atoms with Crippen LogP contribution < -0.4 is 0 Å². The Labute approximate surface area is 206 Å². The molecule has 2 aliphatic carbocycles. The van der Waals surface area contributed by atoms with Crippen LogP contribution in [-0.4, -0.2) is 40.0 Å². The molecule has 3 unspecified atom stereocenters. The van der Waals surface area contributed by atoms with Gasteiger partial charge in [-0.1, -0.05) is 81.8 Å². The standard InChI is InChI=1S/C28H35NO6/c1-19-13-14-24-27(2,3)28(24,15-19)22-12-8-7-11-21(22)18-35-29(23(16-30)25(31)32)26(33)34-17-20-9-5-4-6-10-20/h4-12,19,23-24,30H,13-18H2,1-3H3,(H,31,32)/t19?,23-,24?,28?/m0/s1. The molecule has 0 saturated heterocycles. The van der Waals surface area contributed by atoms with Gasteiger partial charge in [0.15, 0.2) is 6.04 Å². The maximum absolute atomic E-state index is 12.9. The number of aliphatic hydroxyl groups is 1. The van der Waals surface area contributed by atoms with E-state index in [2.05, 4.69) is 26.8 Å². The molecule has 2 saturated carbocycles. The van der Waals surface area contributed by atoms with Gasteiger partial charge in [0.25, 0.3) is 0 Å². The van der Waals surface area contributed by atoms with Crippen molar-refractivity contribution in [2.75, 3.05) is 6.61 Å². The molecule has 0 aliphatic heterocycles. The van der Waals surface area contributed by atoms with Crippen LogP contribution in [0.5, 0.6) is 0 Å². The van der Waals surface area contributed by atoms with Gasteiger partial charge in [0.05, 0.1) is 6.61 Å². The fourth-order valence-corrected chi connectivity index (χ4v) is 6.25. The van der Waals surface area contributed by atoms with Crippen molar-refractivity contribution in [3.05, 3.63) is 71.3 Å². The molecule has 0 aromatic heterocycles. The topological polar surface area (TPSA) is 96.3 Å². The van der Waals surface area contributed by atoms with Gasteiger partial charge in [-0.05, 0) is 46.8 Å². The number of benzene rings is 2. The predicted octanol–water partition coefficient (Wildman–Crippen LogP) is 4.92. The van der Waals surface area contributed by atoms with Crippen molar-refractivity contribution >= 4 is 12.1 Å². The quantitative estimate of drug-likeness (QED) is 0.494. The van der Waals surface area contributed by atoms with Gasteiger partial charge in [0.1, 0.15) is 13.2 Å². The number of carboxylic acids is 1. The number of hydroxylamine groups is 2. The van der Waals surface area contributed by atoms with Crippen LogP contribution >= 0.6 is 0 Å². The van der Waals surface area contributed by atoms with E-state index in [-0.39, 0.29) is 24.0 Å². The third kappa shape index (κ3) is 4.67. The molecular formula is C28H35NO6. The van der Waals surface area contributed by atoms with Crippen molar-refractivity contribution in [2.45, 2.75) is 64.7 Å². The van der Waals surface area contributed by atoms with E-state index in [0.717, 1.165) is 17.5 Å². The first kappa shape index (κ1) is 25.2. The number of nitrogens with zero attached hydrogens (tertiary/aromatic N) is 1. The molecule has 2 fully saturated rings. The molecule has 0 heterocycles. The summed E-state index contributed by atoms with van der Waals surface area (Å²) in [4.78, 5) is 30.4. The van der Waals surface area contributed by atoms with Crippen LogP contribution in [0.25, 0.3) is 0 Å². The molecule has 2 aromatic carbocycles. The molecule has 4 rings (SSSR count). The molecule has 2 N–H and O–H groups in total. The Kier molecular flexibility index (Phi) is 7.20. The highest BCUT2D eigenvalue weighted by molar-refractivity contribution is 5.79. The Balaban J connectivity index is 1.55. The number of hydrogen-bond donors (Lipinski definition) is 2. The van der Waals surface area contributed by atoms with Gasteiger partial charge in [-0.15, -0.1) is 0 Å². The molecule has 2 aliphatic rings. The van der Waals surface area contributed by atoms with Crippen LogP contribution in [0.1, 0.15) is 56.7 Å². The molecule has 7 nitrogen and oxygen atoms in total. The summed E-state index contributed by atoms with van der Waals surface area (Å²) in [6.07, 6.45) is 2.56. The highest BCUT2D eigenvalue weighted by Gasteiger charge is 2.72. The zero-order chi connectivity index (χ0) is 25.2. The summed E-state index contributed by atoms with van der Waals surface area (Å²) in [7, 11) is 0. The van der Waals surface area contributed by atoms with Gasteiger partial charge in [0.2, 0.25) is 0 Å². The lowest BCUT2D eigenvalue weighted by Gasteiger charge is -2.31. The van der Waals surface area contributed by atoms with Gasteiger partial charge in [-0.2, -0.15) is 5.06 Å². The summed E-state index contributed by atoms with van der Waals surface area (Å²) in [5.74, 6) is -0.165. The maximum Gasteiger partial charge on any atom is 0.435 e. The molecule has 0 radical (unpaired) electrons. The molecule has 2 aromatic rings. The van der Waals surface area contributed by atoms with Gasteiger partial charge in [-0.3, -0.25) is 4.84 Å². The Morgan fingerprint density at radius 3 is 2.43 bits per heavy atom. The normalized spacial score (nSPS) is 25.3. The van der Waals surface area contributed by atoms with Gasteiger partial charge in [-0.25, -0.2) is 9.59 Å². The molecule has 7 heteroatoms. The summed E-state index contributed by atoms with van der Waals surface area (Å²) < 4.78 is 5.32. The first-order chi connectivity index (χ1) is 16.7. The van der Waals surface area contributed by atoms with E-state index in [4.69, 9.17) is 9.57 Å². The fourth-order valence-electron chi connectivity index (χ4n) is 6.25. The van der Waals surface area contributed by atoms with Crippen molar-refractivity contribution in [2.24, 2.45) is 17.3 Å². The fraction of sp³-hybridized carbons (Fsp3) is 0.500. The third-order valence-electron chi connectivity index (χ3n) is 8.13.